The lowest BCUT2D eigenvalue weighted by atomic mass is 10.2. The fourth-order valence-corrected chi connectivity index (χ4v) is 1.06. The molecule has 1 N–H and O–H groups in total. The second-order valence-electron chi connectivity index (χ2n) is 3.01. The van der Waals surface area contributed by atoms with Crippen LogP contribution in [0.1, 0.15) is 5.56 Å². The number of rotatable bonds is 5. The molecule has 5 heteroatoms. The highest BCUT2D eigenvalue weighted by atomic mass is 16.5. The lowest BCUT2D eigenvalue weighted by molar-refractivity contribution is -0.161. The van der Waals surface area contributed by atoms with E-state index in [4.69, 9.17) is 5.11 Å². The third-order valence-electron chi connectivity index (χ3n) is 1.85. The summed E-state index contributed by atoms with van der Waals surface area (Å²) in [5.74, 6) is -4.68. The number of aliphatic carboxylic acids is 1. The second kappa shape index (κ2) is 5.65. The highest BCUT2D eigenvalue weighted by Crippen LogP contribution is 1.99. The SMILES string of the molecule is O=C(O)C(=O)C(=O)OCCc1ccccc1. The van der Waals surface area contributed by atoms with Gasteiger partial charge in [0.1, 0.15) is 0 Å². The van der Waals surface area contributed by atoms with Crippen molar-refractivity contribution in [2.75, 3.05) is 6.61 Å². The van der Waals surface area contributed by atoms with Gasteiger partial charge in [-0.25, -0.2) is 9.59 Å². The summed E-state index contributed by atoms with van der Waals surface area (Å²) in [6.07, 6.45) is 0.444. The molecular weight excluding hydrogens is 212 g/mol. The standard InChI is InChI=1S/C11H10O5/c12-9(10(13)14)11(15)16-7-6-8-4-2-1-3-5-8/h1-5H,6-7H2,(H,13,14). The molecule has 0 aliphatic carbocycles. The molecule has 0 saturated heterocycles. The molecule has 0 fully saturated rings. The number of benzene rings is 1. The maximum atomic E-state index is 10.8. The normalized spacial score (nSPS) is 9.50. The first-order valence-electron chi connectivity index (χ1n) is 4.59. The summed E-state index contributed by atoms with van der Waals surface area (Å²) in [7, 11) is 0. The number of carbonyl (C=O) groups excluding carboxylic acids is 2. The summed E-state index contributed by atoms with van der Waals surface area (Å²) >= 11 is 0. The molecule has 0 aliphatic rings. The number of hydrogen-bond acceptors (Lipinski definition) is 4. The van der Waals surface area contributed by atoms with Crippen LogP contribution in [0.15, 0.2) is 30.3 Å². The number of carboxylic acids is 1. The first kappa shape index (κ1) is 11.9. The van der Waals surface area contributed by atoms with Crippen LogP contribution in [0.25, 0.3) is 0 Å². The number of carboxylic acid groups (broad SMARTS) is 1. The number of ketones is 1. The van der Waals surface area contributed by atoms with E-state index in [-0.39, 0.29) is 6.61 Å². The minimum Gasteiger partial charge on any atom is -0.475 e. The summed E-state index contributed by atoms with van der Waals surface area (Å²) < 4.78 is 4.50. The van der Waals surface area contributed by atoms with Gasteiger partial charge in [0.2, 0.25) is 0 Å². The zero-order chi connectivity index (χ0) is 12.0. The molecule has 0 unspecified atom stereocenters. The fraction of sp³-hybridized carbons (Fsp3) is 0.182. The Morgan fingerprint density at radius 3 is 2.31 bits per heavy atom. The molecule has 0 heterocycles. The Morgan fingerprint density at radius 1 is 1.12 bits per heavy atom. The molecule has 1 aromatic rings. The van der Waals surface area contributed by atoms with E-state index in [1.165, 1.54) is 0 Å². The molecule has 0 aromatic heterocycles. The van der Waals surface area contributed by atoms with E-state index in [0.29, 0.717) is 6.42 Å². The molecule has 0 bridgehead atoms. The molecule has 0 radical (unpaired) electrons. The van der Waals surface area contributed by atoms with Gasteiger partial charge in [-0.15, -0.1) is 0 Å². The maximum Gasteiger partial charge on any atom is 0.386 e. The Labute approximate surface area is 91.6 Å². The van der Waals surface area contributed by atoms with Crippen molar-refractivity contribution in [2.45, 2.75) is 6.42 Å². The zero-order valence-corrected chi connectivity index (χ0v) is 8.38. The Balaban J connectivity index is 2.34. The van der Waals surface area contributed by atoms with Crippen LogP contribution in [0.3, 0.4) is 0 Å². The van der Waals surface area contributed by atoms with Crippen LogP contribution >= 0.6 is 0 Å². The predicted molar refractivity (Wildman–Crippen MR) is 53.7 cm³/mol. The van der Waals surface area contributed by atoms with Crippen molar-refractivity contribution in [1.82, 2.24) is 0 Å². The maximum absolute atomic E-state index is 10.8. The smallest absolute Gasteiger partial charge is 0.386 e. The third kappa shape index (κ3) is 3.53. The van der Waals surface area contributed by atoms with Crippen molar-refractivity contribution in [2.24, 2.45) is 0 Å². The van der Waals surface area contributed by atoms with Crippen LogP contribution in [0.4, 0.5) is 0 Å². The van der Waals surface area contributed by atoms with Gasteiger partial charge < -0.3 is 9.84 Å². The number of ether oxygens (including phenoxy) is 1. The third-order valence-corrected chi connectivity index (χ3v) is 1.85. The first-order valence-corrected chi connectivity index (χ1v) is 4.59. The van der Waals surface area contributed by atoms with E-state index in [1.807, 2.05) is 30.3 Å². The predicted octanol–water partition coefficient (Wildman–Crippen LogP) is 0.426. The summed E-state index contributed by atoms with van der Waals surface area (Å²) in [4.78, 5) is 31.6. The Morgan fingerprint density at radius 2 is 1.75 bits per heavy atom. The van der Waals surface area contributed by atoms with E-state index >= 15 is 0 Å². The summed E-state index contributed by atoms with van der Waals surface area (Å²) in [6.45, 7) is -0.0120. The van der Waals surface area contributed by atoms with Crippen LogP contribution < -0.4 is 0 Å². The van der Waals surface area contributed by atoms with Crippen molar-refractivity contribution in [3.63, 3.8) is 0 Å². The number of carbonyl (C=O) groups is 3. The highest BCUT2D eigenvalue weighted by molar-refractivity contribution is 6.59. The van der Waals surface area contributed by atoms with E-state index in [0.717, 1.165) is 5.56 Å². The number of esters is 1. The Hall–Kier alpha value is -2.17. The van der Waals surface area contributed by atoms with Crippen LogP contribution in [0, 0.1) is 0 Å². The molecule has 0 aliphatic heterocycles. The molecule has 0 spiro atoms. The lowest BCUT2D eigenvalue weighted by Crippen LogP contribution is -2.26. The largest absolute Gasteiger partial charge is 0.475 e. The van der Waals surface area contributed by atoms with E-state index < -0.39 is 17.7 Å². The van der Waals surface area contributed by atoms with Gasteiger partial charge in [0, 0.05) is 6.42 Å². The minimum atomic E-state index is -1.80. The average Bonchev–Trinajstić information content (AvgIpc) is 2.29. The van der Waals surface area contributed by atoms with Crippen LogP contribution in [-0.4, -0.2) is 29.4 Å². The Bertz CT molecular complexity index is 396. The number of Topliss-reactive ketones (excluding diaryl/α,β-unsaturated/α-hetero) is 1. The van der Waals surface area contributed by atoms with E-state index in [1.54, 1.807) is 0 Å². The van der Waals surface area contributed by atoms with Gasteiger partial charge >= 0.3 is 17.7 Å². The summed E-state index contributed by atoms with van der Waals surface area (Å²) in [5, 5.41) is 8.22. The molecule has 0 atom stereocenters. The van der Waals surface area contributed by atoms with Gasteiger partial charge in [0.15, 0.2) is 0 Å². The molecule has 5 nitrogen and oxygen atoms in total. The highest BCUT2D eigenvalue weighted by Gasteiger charge is 2.23. The van der Waals surface area contributed by atoms with Crippen molar-refractivity contribution in [3.05, 3.63) is 35.9 Å². The first-order chi connectivity index (χ1) is 7.61. The van der Waals surface area contributed by atoms with Crippen molar-refractivity contribution < 1.29 is 24.2 Å². The molecular formula is C11H10O5. The molecule has 16 heavy (non-hydrogen) atoms. The molecule has 0 amide bonds. The van der Waals surface area contributed by atoms with Crippen molar-refractivity contribution in [3.8, 4) is 0 Å². The molecule has 0 saturated carbocycles. The van der Waals surface area contributed by atoms with Gasteiger partial charge in [-0.1, -0.05) is 30.3 Å². The van der Waals surface area contributed by atoms with E-state index in [9.17, 15) is 14.4 Å². The van der Waals surface area contributed by atoms with Gasteiger partial charge in [-0.05, 0) is 5.56 Å². The van der Waals surface area contributed by atoms with Crippen molar-refractivity contribution in [1.29, 1.82) is 0 Å². The fourth-order valence-electron chi connectivity index (χ4n) is 1.06. The quantitative estimate of drug-likeness (QED) is 0.443. The van der Waals surface area contributed by atoms with Crippen LogP contribution in [-0.2, 0) is 25.5 Å². The second-order valence-corrected chi connectivity index (χ2v) is 3.01. The molecule has 1 aromatic carbocycles. The van der Waals surface area contributed by atoms with Crippen molar-refractivity contribution >= 4 is 17.7 Å². The van der Waals surface area contributed by atoms with Crippen LogP contribution in [0.2, 0.25) is 0 Å². The number of hydrogen-bond donors (Lipinski definition) is 1. The summed E-state index contributed by atoms with van der Waals surface area (Å²) in [5.41, 5.74) is 0.943. The lowest BCUT2D eigenvalue weighted by Gasteiger charge is -2.02. The monoisotopic (exact) mass is 222 g/mol. The topological polar surface area (TPSA) is 80.7 Å². The van der Waals surface area contributed by atoms with Gasteiger partial charge in [0.05, 0.1) is 6.61 Å². The molecule has 1 rings (SSSR count). The average molecular weight is 222 g/mol. The van der Waals surface area contributed by atoms with Gasteiger partial charge in [0.25, 0.3) is 0 Å². The minimum absolute atomic E-state index is 0.0120. The van der Waals surface area contributed by atoms with Crippen LogP contribution in [0.5, 0.6) is 0 Å². The zero-order valence-electron chi connectivity index (χ0n) is 8.38. The molecule has 84 valence electrons. The summed E-state index contributed by atoms with van der Waals surface area (Å²) in [6, 6.07) is 9.20. The van der Waals surface area contributed by atoms with E-state index in [2.05, 4.69) is 4.74 Å². The Kier molecular flexibility index (Phi) is 4.20. The van der Waals surface area contributed by atoms with Gasteiger partial charge in [-0.2, -0.15) is 0 Å². The van der Waals surface area contributed by atoms with Gasteiger partial charge in [-0.3, -0.25) is 4.79 Å².